The fourth-order valence-corrected chi connectivity index (χ4v) is 1.30. The third-order valence-corrected chi connectivity index (χ3v) is 2.65. The molecular weight excluding hydrogens is 168 g/mol. The molecule has 0 saturated heterocycles. The van der Waals surface area contributed by atoms with E-state index in [1.165, 1.54) is 0 Å². The molecule has 2 rings (SSSR count). The molecule has 0 bridgehead atoms. The molecule has 0 aromatic carbocycles. The van der Waals surface area contributed by atoms with Crippen LogP contribution in [0.25, 0.3) is 0 Å². The van der Waals surface area contributed by atoms with Gasteiger partial charge in [0.25, 0.3) is 0 Å². The standard InChI is InChI=1S/C8H14N4O/c1-12-7(4-10-11-12)9-5-8(6-13)2-3-8/h4,9,13H,2-3,5-6H2,1H3. The smallest absolute Gasteiger partial charge is 0.144 e. The quantitative estimate of drug-likeness (QED) is 0.688. The van der Waals surface area contributed by atoms with E-state index in [4.69, 9.17) is 5.11 Å². The first-order valence-electron chi connectivity index (χ1n) is 4.45. The molecule has 5 nitrogen and oxygen atoms in total. The van der Waals surface area contributed by atoms with Crippen LogP contribution in [0.15, 0.2) is 6.20 Å². The van der Waals surface area contributed by atoms with Gasteiger partial charge in [-0.15, -0.1) is 5.10 Å². The number of aryl methyl sites for hydroxylation is 1. The molecule has 1 aliphatic carbocycles. The van der Waals surface area contributed by atoms with Crippen molar-refractivity contribution >= 4 is 5.82 Å². The van der Waals surface area contributed by atoms with Crippen molar-refractivity contribution in [1.82, 2.24) is 15.0 Å². The van der Waals surface area contributed by atoms with E-state index in [9.17, 15) is 0 Å². The Bertz CT molecular complexity index is 292. The molecule has 0 spiro atoms. The molecule has 1 saturated carbocycles. The van der Waals surface area contributed by atoms with Crippen molar-refractivity contribution in [2.75, 3.05) is 18.5 Å². The van der Waals surface area contributed by atoms with Gasteiger partial charge in [0.05, 0.1) is 12.8 Å². The van der Waals surface area contributed by atoms with Crippen molar-refractivity contribution in [1.29, 1.82) is 0 Å². The van der Waals surface area contributed by atoms with Crippen molar-refractivity contribution in [3.63, 3.8) is 0 Å². The van der Waals surface area contributed by atoms with Gasteiger partial charge in [-0.05, 0) is 12.8 Å². The maximum Gasteiger partial charge on any atom is 0.144 e. The second kappa shape index (κ2) is 2.99. The normalized spacial score (nSPS) is 18.6. The van der Waals surface area contributed by atoms with Gasteiger partial charge in [-0.2, -0.15) is 0 Å². The number of nitrogens with one attached hydrogen (secondary N) is 1. The summed E-state index contributed by atoms with van der Waals surface area (Å²) in [5.74, 6) is 0.903. The highest BCUT2D eigenvalue weighted by atomic mass is 16.3. The average molecular weight is 182 g/mol. The summed E-state index contributed by atoms with van der Waals surface area (Å²) in [6, 6.07) is 0. The predicted octanol–water partition coefficient (Wildman–Crippen LogP) is -0.000500. The topological polar surface area (TPSA) is 63.0 Å². The lowest BCUT2D eigenvalue weighted by Gasteiger charge is -2.12. The van der Waals surface area contributed by atoms with Gasteiger partial charge in [-0.3, -0.25) is 0 Å². The number of hydrogen-bond acceptors (Lipinski definition) is 4. The molecule has 1 aromatic heterocycles. The van der Waals surface area contributed by atoms with Gasteiger partial charge in [-0.25, -0.2) is 4.68 Å². The molecule has 1 aliphatic rings. The molecule has 0 atom stereocenters. The third kappa shape index (κ3) is 1.65. The van der Waals surface area contributed by atoms with Gasteiger partial charge in [0.2, 0.25) is 0 Å². The summed E-state index contributed by atoms with van der Waals surface area (Å²) in [4.78, 5) is 0. The van der Waals surface area contributed by atoms with Gasteiger partial charge in [0.1, 0.15) is 5.82 Å². The fourth-order valence-electron chi connectivity index (χ4n) is 1.30. The minimum absolute atomic E-state index is 0.129. The van der Waals surface area contributed by atoms with Gasteiger partial charge in [0, 0.05) is 19.0 Å². The summed E-state index contributed by atoms with van der Waals surface area (Å²) >= 11 is 0. The highest BCUT2D eigenvalue weighted by Gasteiger charge is 2.41. The monoisotopic (exact) mass is 182 g/mol. The molecule has 1 fully saturated rings. The lowest BCUT2D eigenvalue weighted by molar-refractivity contribution is 0.219. The number of nitrogens with zero attached hydrogens (tertiary/aromatic N) is 3. The third-order valence-electron chi connectivity index (χ3n) is 2.65. The van der Waals surface area contributed by atoms with Crippen molar-refractivity contribution < 1.29 is 5.11 Å². The lowest BCUT2D eigenvalue weighted by Crippen LogP contribution is -2.20. The van der Waals surface area contributed by atoms with E-state index in [1.807, 2.05) is 7.05 Å². The van der Waals surface area contributed by atoms with Crippen LogP contribution in [0.1, 0.15) is 12.8 Å². The summed E-state index contributed by atoms with van der Waals surface area (Å²) in [5, 5.41) is 19.9. The zero-order chi connectivity index (χ0) is 9.31. The van der Waals surface area contributed by atoms with E-state index in [0.717, 1.165) is 25.2 Å². The van der Waals surface area contributed by atoms with Gasteiger partial charge < -0.3 is 10.4 Å². The molecule has 0 radical (unpaired) electrons. The van der Waals surface area contributed by atoms with Crippen LogP contribution < -0.4 is 5.32 Å². The Morgan fingerprint density at radius 3 is 2.92 bits per heavy atom. The number of rotatable bonds is 4. The molecule has 5 heteroatoms. The second-order valence-corrected chi connectivity index (χ2v) is 3.75. The summed E-state index contributed by atoms with van der Waals surface area (Å²) in [7, 11) is 1.84. The van der Waals surface area contributed by atoms with Gasteiger partial charge >= 0.3 is 0 Å². The number of aliphatic hydroxyl groups excluding tert-OH is 1. The van der Waals surface area contributed by atoms with Crippen molar-refractivity contribution in [2.24, 2.45) is 12.5 Å². The average Bonchev–Trinajstić information content (AvgIpc) is 2.82. The van der Waals surface area contributed by atoms with Crippen LogP contribution >= 0.6 is 0 Å². The van der Waals surface area contributed by atoms with Crippen LogP contribution in [0.5, 0.6) is 0 Å². The Kier molecular flexibility index (Phi) is 1.95. The zero-order valence-corrected chi connectivity index (χ0v) is 7.69. The lowest BCUT2D eigenvalue weighted by atomic mass is 10.1. The number of aliphatic hydroxyl groups is 1. The molecule has 0 aliphatic heterocycles. The van der Waals surface area contributed by atoms with Crippen molar-refractivity contribution in [3.05, 3.63) is 6.20 Å². The van der Waals surface area contributed by atoms with Crippen LogP contribution in [0.3, 0.4) is 0 Å². The Morgan fingerprint density at radius 2 is 2.46 bits per heavy atom. The first-order chi connectivity index (χ1) is 6.26. The minimum atomic E-state index is 0.129. The zero-order valence-electron chi connectivity index (χ0n) is 7.69. The Balaban J connectivity index is 1.90. The van der Waals surface area contributed by atoms with E-state index >= 15 is 0 Å². The maximum atomic E-state index is 9.08. The van der Waals surface area contributed by atoms with E-state index in [0.29, 0.717) is 0 Å². The van der Waals surface area contributed by atoms with Crippen LogP contribution in [-0.2, 0) is 7.05 Å². The molecule has 72 valence electrons. The van der Waals surface area contributed by atoms with Gasteiger partial charge in [0.15, 0.2) is 0 Å². The van der Waals surface area contributed by atoms with Crippen LogP contribution in [0, 0.1) is 5.41 Å². The fraction of sp³-hybridized carbons (Fsp3) is 0.750. The maximum absolute atomic E-state index is 9.08. The molecular formula is C8H14N4O. The van der Waals surface area contributed by atoms with Crippen molar-refractivity contribution in [3.8, 4) is 0 Å². The van der Waals surface area contributed by atoms with E-state index in [-0.39, 0.29) is 12.0 Å². The molecule has 2 N–H and O–H groups in total. The Labute approximate surface area is 76.8 Å². The summed E-state index contributed by atoms with van der Waals surface area (Å²) in [5.41, 5.74) is 0.129. The highest BCUT2D eigenvalue weighted by Crippen LogP contribution is 2.44. The van der Waals surface area contributed by atoms with Crippen LogP contribution in [0.4, 0.5) is 5.82 Å². The first-order valence-corrected chi connectivity index (χ1v) is 4.45. The predicted molar refractivity (Wildman–Crippen MR) is 48.2 cm³/mol. The van der Waals surface area contributed by atoms with E-state index < -0.39 is 0 Å². The Morgan fingerprint density at radius 1 is 1.69 bits per heavy atom. The summed E-state index contributed by atoms with van der Waals surface area (Å²) in [6.45, 7) is 1.08. The van der Waals surface area contributed by atoms with Crippen LogP contribution in [0.2, 0.25) is 0 Å². The Hall–Kier alpha value is -1.10. The number of hydrogen-bond donors (Lipinski definition) is 2. The largest absolute Gasteiger partial charge is 0.396 e. The molecule has 1 heterocycles. The molecule has 13 heavy (non-hydrogen) atoms. The van der Waals surface area contributed by atoms with Gasteiger partial charge in [-0.1, -0.05) is 5.21 Å². The van der Waals surface area contributed by atoms with Crippen LogP contribution in [-0.4, -0.2) is 33.3 Å². The summed E-state index contributed by atoms with van der Waals surface area (Å²) in [6.07, 6.45) is 3.91. The molecule has 0 unspecified atom stereocenters. The van der Waals surface area contributed by atoms with E-state index in [2.05, 4.69) is 15.6 Å². The van der Waals surface area contributed by atoms with Crippen molar-refractivity contribution in [2.45, 2.75) is 12.8 Å². The first kappa shape index (κ1) is 8.50. The second-order valence-electron chi connectivity index (χ2n) is 3.75. The molecule has 0 amide bonds. The molecule has 1 aromatic rings. The SMILES string of the molecule is Cn1nncc1NCC1(CO)CC1. The van der Waals surface area contributed by atoms with E-state index in [1.54, 1.807) is 10.9 Å². The summed E-state index contributed by atoms with van der Waals surface area (Å²) < 4.78 is 1.69. The number of aromatic nitrogens is 3. The highest BCUT2D eigenvalue weighted by molar-refractivity contribution is 5.31. The number of anilines is 1. The minimum Gasteiger partial charge on any atom is -0.396 e.